The molecule has 0 aliphatic carbocycles. The van der Waals surface area contributed by atoms with E-state index < -0.39 is 6.16 Å². The number of nitrogens with zero attached hydrogens (tertiary/aromatic N) is 1. The average molecular weight is 501 g/mol. The second-order valence-electron chi connectivity index (χ2n) is 10.1. The Labute approximate surface area is 219 Å². The van der Waals surface area contributed by atoms with E-state index in [9.17, 15) is 9.90 Å². The number of piperidine rings is 3. The molecule has 37 heavy (non-hydrogen) atoms. The Morgan fingerprint density at radius 3 is 2.32 bits per heavy atom. The minimum absolute atomic E-state index is 0.0345. The van der Waals surface area contributed by atoms with Gasteiger partial charge in [-0.1, -0.05) is 79.7 Å². The number of rotatable bonds is 9. The van der Waals surface area contributed by atoms with Crippen LogP contribution in [0.1, 0.15) is 41.5 Å². The first-order valence-corrected chi connectivity index (χ1v) is 13.2. The van der Waals surface area contributed by atoms with Crippen molar-refractivity contribution in [2.24, 2.45) is 5.92 Å². The number of methoxy groups -OCH3 is 1. The van der Waals surface area contributed by atoms with Gasteiger partial charge < -0.3 is 19.9 Å². The summed E-state index contributed by atoms with van der Waals surface area (Å²) in [4.78, 5) is 14.0. The molecule has 0 amide bonds. The van der Waals surface area contributed by atoms with Gasteiger partial charge in [0.15, 0.2) is 0 Å². The third kappa shape index (κ3) is 5.36. The number of nitrogens with one attached hydrogen (secondary N) is 1. The van der Waals surface area contributed by atoms with Crippen molar-refractivity contribution in [1.82, 2.24) is 10.2 Å². The summed E-state index contributed by atoms with van der Waals surface area (Å²) in [5, 5.41) is 13.3. The van der Waals surface area contributed by atoms with E-state index in [0.29, 0.717) is 13.1 Å². The van der Waals surface area contributed by atoms with E-state index in [0.717, 1.165) is 30.7 Å². The van der Waals surface area contributed by atoms with Crippen LogP contribution < -0.4 is 10.1 Å². The highest BCUT2D eigenvalue weighted by atomic mass is 16.7. The van der Waals surface area contributed by atoms with Crippen molar-refractivity contribution in [1.29, 1.82) is 0 Å². The van der Waals surface area contributed by atoms with Crippen molar-refractivity contribution in [3.8, 4) is 5.75 Å². The normalized spacial score (nSPS) is 24.7. The van der Waals surface area contributed by atoms with E-state index in [1.54, 1.807) is 7.11 Å². The first-order chi connectivity index (χ1) is 18.1. The summed E-state index contributed by atoms with van der Waals surface area (Å²) in [6, 6.07) is 27.9. The summed E-state index contributed by atoms with van der Waals surface area (Å²) in [6.45, 7) is 4.33. The van der Waals surface area contributed by atoms with Crippen LogP contribution in [-0.2, 0) is 17.7 Å². The number of carbonyl (C=O) groups is 1. The molecule has 0 aromatic heterocycles. The lowest BCUT2D eigenvalue weighted by Gasteiger charge is -2.56. The van der Waals surface area contributed by atoms with Gasteiger partial charge in [0.25, 0.3) is 0 Å². The van der Waals surface area contributed by atoms with Gasteiger partial charge in [-0.25, -0.2) is 4.79 Å². The van der Waals surface area contributed by atoms with Gasteiger partial charge in [-0.3, -0.25) is 4.90 Å². The minimum Gasteiger partial charge on any atom is -0.496 e. The Morgan fingerprint density at radius 1 is 1.05 bits per heavy atom. The summed E-state index contributed by atoms with van der Waals surface area (Å²) in [5.74, 6) is 1.09. The lowest BCUT2D eigenvalue weighted by Crippen LogP contribution is -2.69. The van der Waals surface area contributed by atoms with Crippen molar-refractivity contribution in [2.45, 2.75) is 50.4 Å². The lowest BCUT2D eigenvalue weighted by atomic mass is 9.69. The van der Waals surface area contributed by atoms with Gasteiger partial charge in [-0.15, -0.1) is 0 Å². The molecule has 2 N–H and O–H groups in total. The van der Waals surface area contributed by atoms with E-state index >= 15 is 0 Å². The molecule has 5 atom stereocenters. The molecule has 194 valence electrons. The smallest absolute Gasteiger partial charge is 0.496 e. The van der Waals surface area contributed by atoms with Crippen LogP contribution in [0.2, 0.25) is 0 Å². The number of carboxylic acid groups (broad SMARTS) is 1. The standard InChI is InChI=1S/C31H36N2O4/c1-3-21-14-15-26(36-2)24(18-21)19-32-29-25-16-17-33(20-27(25)37-31(34)35)30(29)28(22-10-6-4-7-11-22)23-12-8-5-9-13-23/h4-15,18,25,27-30,32H,3,16-17,19-20H2,1-2H3,(H,34,35)/t25-,27+,29+,30+/m1/s1. The quantitative estimate of drug-likeness (QED) is 0.388. The molecular weight excluding hydrogens is 464 g/mol. The third-order valence-electron chi connectivity index (χ3n) is 8.08. The SMILES string of the molecule is CCc1ccc(OC)c(CN[C@H]2[C@@H]3CCN(C[C@@H]3OC(=O)O)[C@H]2C(c2ccccc2)c2ccccc2)c1. The van der Waals surface area contributed by atoms with Crippen LogP contribution in [0.5, 0.6) is 5.75 Å². The van der Waals surface area contributed by atoms with E-state index in [4.69, 9.17) is 9.47 Å². The molecule has 3 heterocycles. The fraction of sp³-hybridized carbons (Fsp3) is 0.387. The van der Waals surface area contributed by atoms with Crippen molar-refractivity contribution in [2.75, 3.05) is 20.2 Å². The van der Waals surface area contributed by atoms with Crippen molar-refractivity contribution >= 4 is 6.16 Å². The Kier molecular flexibility index (Phi) is 7.77. The molecular formula is C31H36N2O4. The molecule has 3 fully saturated rings. The van der Waals surface area contributed by atoms with Gasteiger partial charge in [0.05, 0.1) is 7.11 Å². The van der Waals surface area contributed by atoms with Crippen LogP contribution in [-0.4, -0.2) is 54.5 Å². The van der Waals surface area contributed by atoms with Crippen molar-refractivity contribution < 1.29 is 19.4 Å². The van der Waals surface area contributed by atoms with Gasteiger partial charge in [0.2, 0.25) is 0 Å². The second-order valence-corrected chi connectivity index (χ2v) is 10.1. The first-order valence-electron chi connectivity index (χ1n) is 13.2. The zero-order valence-electron chi connectivity index (χ0n) is 21.5. The van der Waals surface area contributed by atoms with Crippen LogP contribution >= 0.6 is 0 Å². The molecule has 2 bridgehead atoms. The number of hydrogen-bond acceptors (Lipinski definition) is 5. The van der Waals surface area contributed by atoms with E-state index in [1.165, 1.54) is 16.7 Å². The highest BCUT2D eigenvalue weighted by Gasteiger charge is 2.51. The topological polar surface area (TPSA) is 71.0 Å². The molecule has 6 heteroatoms. The molecule has 3 saturated heterocycles. The van der Waals surface area contributed by atoms with Crippen LogP contribution in [0.3, 0.4) is 0 Å². The predicted molar refractivity (Wildman–Crippen MR) is 144 cm³/mol. The first kappa shape index (κ1) is 25.3. The van der Waals surface area contributed by atoms with Crippen molar-refractivity contribution in [3.05, 3.63) is 101 Å². The Hall–Kier alpha value is -3.35. The fourth-order valence-corrected chi connectivity index (χ4v) is 6.39. The monoisotopic (exact) mass is 500 g/mol. The van der Waals surface area contributed by atoms with E-state index in [-0.39, 0.29) is 30.0 Å². The molecule has 0 radical (unpaired) electrons. The number of ether oxygens (including phenoxy) is 2. The molecule has 1 unspecified atom stereocenters. The number of hydrogen-bond donors (Lipinski definition) is 2. The summed E-state index contributed by atoms with van der Waals surface area (Å²) < 4.78 is 11.1. The van der Waals surface area contributed by atoms with Gasteiger partial charge in [-0.2, -0.15) is 0 Å². The van der Waals surface area contributed by atoms with E-state index in [1.807, 2.05) is 6.07 Å². The zero-order chi connectivity index (χ0) is 25.8. The Balaban J connectivity index is 1.53. The molecule has 6 nitrogen and oxygen atoms in total. The summed E-state index contributed by atoms with van der Waals surface area (Å²) in [5.41, 5.74) is 4.91. The van der Waals surface area contributed by atoms with Crippen LogP contribution in [0, 0.1) is 5.92 Å². The largest absolute Gasteiger partial charge is 0.506 e. The highest BCUT2D eigenvalue weighted by Crippen LogP contribution is 2.43. The number of fused-ring (bicyclic) bond motifs is 3. The molecule has 6 rings (SSSR count). The molecule has 0 spiro atoms. The highest BCUT2D eigenvalue weighted by molar-refractivity contribution is 5.57. The van der Waals surface area contributed by atoms with Gasteiger partial charge in [0, 0.05) is 42.6 Å². The molecule has 3 aliphatic heterocycles. The second kappa shape index (κ2) is 11.4. The summed E-state index contributed by atoms with van der Waals surface area (Å²) >= 11 is 0. The summed E-state index contributed by atoms with van der Waals surface area (Å²) in [6.07, 6.45) is 0.303. The van der Waals surface area contributed by atoms with Gasteiger partial charge in [0.1, 0.15) is 11.9 Å². The minimum atomic E-state index is -1.20. The maximum absolute atomic E-state index is 11.6. The summed E-state index contributed by atoms with van der Waals surface area (Å²) in [7, 11) is 1.71. The molecule has 3 aliphatic rings. The van der Waals surface area contributed by atoms with Crippen LogP contribution in [0.25, 0.3) is 0 Å². The van der Waals surface area contributed by atoms with Crippen molar-refractivity contribution in [3.63, 3.8) is 0 Å². The third-order valence-corrected chi connectivity index (χ3v) is 8.08. The fourth-order valence-electron chi connectivity index (χ4n) is 6.39. The zero-order valence-corrected chi connectivity index (χ0v) is 21.5. The Morgan fingerprint density at radius 2 is 1.73 bits per heavy atom. The van der Waals surface area contributed by atoms with Gasteiger partial charge in [-0.05, 0) is 42.1 Å². The van der Waals surface area contributed by atoms with Gasteiger partial charge >= 0.3 is 6.16 Å². The maximum Gasteiger partial charge on any atom is 0.506 e. The lowest BCUT2D eigenvalue weighted by molar-refractivity contribution is -0.0951. The molecule has 0 saturated carbocycles. The molecule has 3 aromatic rings. The van der Waals surface area contributed by atoms with E-state index in [2.05, 4.69) is 89.9 Å². The predicted octanol–water partition coefficient (Wildman–Crippen LogP) is 5.32. The molecule has 3 aromatic carbocycles. The average Bonchev–Trinajstić information content (AvgIpc) is 2.93. The Bertz CT molecular complexity index is 1150. The van der Waals surface area contributed by atoms with Crippen LogP contribution in [0.4, 0.5) is 4.79 Å². The maximum atomic E-state index is 11.6. The number of benzene rings is 3. The number of aryl methyl sites for hydroxylation is 1. The van der Waals surface area contributed by atoms with Crippen LogP contribution in [0.15, 0.2) is 78.9 Å².